The zero-order chi connectivity index (χ0) is 20.1. The number of alkyl halides is 2. The second kappa shape index (κ2) is 8.55. The quantitative estimate of drug-likeness (QED) is 0.759. The van der Waals surface area contributed by atoms with E-state index in [2.05, 4.69) is 10.1 Å². The Balaban J connectivity index is 1.57. The molecule has 2 aromatic rings. The minimum atomic E-state index is -2.96. The average Bonchev–Trinajstić information content (AvgIpc) is 2.67. The molecule has 0 aliphatic carbocycles. The number of anilines is 1. The lowest BCUT2D eigenvalue weighted by atomic mass is 10.2. The molecule has 1 heterocycles. The highest BCUT2D eigenvalue weighted by Crippen LogP contribution is 2.32. The van der Waals surface area contributed by atoms with Crippen LogP contribution in [0.25, 0.3) is 0 Å². The summed E-state index contributed by atoms with van der Waals surface area (Å²) in [6, 6.07) is 9.89. The van der Waals surface area contributed by atoms with Crippen molar-refractivity contribution in [1.29, 1.82) is 0 Å². The average molecular weight is 393 g/mol. The van der Waals surface area contributed by atoms with Crippen molar-refractivity contribution in [2.75, 3.05) is 18.5 Å². The van der Waals surface area contributed by atoms with E-state index in [1.165, 1.54) is 31.2 Å². The van der Waals surface area contributed by atoms with Crippen LogP contribution in [0.1, 0.15) is 17.3 Å². The van der Waals surface area contributed by atoms with E-state index in [4.69, 9.17) is 14.2 Å². The maximum absolute atomic E-state index is 12.3. The van der Waals surface area contributed by atoms with Crippen LogP contribution in [-0.2, 0) is 9.53 Å². The van der Waals surface area contributed by atoms with Crippen LogP contribution in [0.4, 0.5) is 14.5 Å². The van der Waals surface area contributed by atoms with E-state index in [1.807, 2.05) is 0 Å². The first kappa shape index (κ1) is 19.4. The van der Waals surface area contributed by atoms with E-state index >= 15 is 0 Å². The number of amides is 1. The first-order valence-corrected chi connectivity index (χ1v) is 8.39. The SMILES string of the molecule is C[C@H](OC(=O)c1ccc(OC(F)F)cc1)C(=O)Nc1ccc2c(c1)OCCO2. The van der Waals surface area contributed by atoms with Gasteiger partial charge >= 0.3 is 12.6 Å². The molecule has 1 atom stereocenters. The van der Waals surface area contributed by atoms with Crippen LogP contribution in [0.5, 0.6) is 17.2 Å². The number of rotatable bonds is 6. The Labute approximate surface area is 159 Å². The van der Waals surface area contributed by atoms with Gasteiger partial charge in [-0.2, -0.15) is 8.78 Å². The van der Waals surface area contributed by atoms with Crippen LogP contribution in [-0.4, -0.2) is 37.8 Å². The predicted octanol–water partition coefficient (Wildman–Crippen LogP) is 3.24. The molecule has 0 fully saturated rings. The normalized spacial score (nSPS) is 13.6. The standard InChI is InChI=1S/C19H17F2NO6/c1-11(27-18(24)12-2-5-14(6-3-12)28-19(20)21)17(23)22-13-4-7-15-16(10-13)26-9-8-25-15/h2-7,10-11,19H,8-9H2,1H3,(H,22,23)/t11-/m0/s1. The summed E-state index contributed by atoms with van der Waals surface area (Å²) < 4.78 is 44.4. The van der Waals surface area contributed by atoms with E-state index in [9.17, 15) is 18.4 Å². The second-order valence-electron chi connectivity index (χ2n) is 5.80. The Hall–Kier alpha value is -3.36. The van der Waals surface area contributed by atoms with Crippen molar-refractivity contribution in [1.82, 2.24) is 0 Å². The molecule has 2 aromatic carbocycles. The summed E-state index contributed by atoms with van der Waals surface area (Å²) in [5.41, 5.74) is 0.561. The first-order chi connectivity index (χ1) is 13.4. The summed E-state index contributed by atoms with van der Waals surface area (Å²) in [7, 11) is 0. The molecule has 0 aromatic heterocycles. The fourth-order valence-corrected chi connectivity index (χ4v) is 2.42. The van der Waals surface area contributed by atoms with Crippen LogP contribution >= 0.6 is 0 Å². The van der Waals surface area contributed by atoms with Crippen molar-refractivity contribution in [2.24, 2.45) is 0 Å². The minimum Gasteiger partial charge on any atom is -0.486 e. The molecule has 9 heteroatoms. The maximum Gasteiger partial charge on any atom is 0.387 e. The Morgan fingerprint density at radius 1 is 1.04 bits per heavy atom. The molecule has 1 aliphatic heterocycles. The summed E-state index contributed by atoms with van der Waals surface area (Å²) in [6.07, 6.45) is -1.09. The zero-order valence-electron chi connectivity index (χ0n) is 14.8. The lowest BCUT2D eigenvalue weighted by molar-refractivity contribution is -0.123. The highest BCUT2D eigenvalue weighted by atomic mass is 19.3. The fraction of sp³-hybridized carbons (Fsp3) is 0.263. The lowest BCUT2D eigenvalue weighted by Crippen LogP contribution is -2.30. The number of hydrogen-bond donors (Lipinski definition) is 1. The number of hydrogen-bond acceptors (Lipinski definition) is 6. The van der Waals surface area contributed by atoms with E-state index in [-0.39, 0.29) is 11.3 Å². The van der Waals surface area contributed by atoms with E-state index in [0.29, 0.717) is 30.4 Å². The molecular weight excluding hydrogens is 376 g/mol. The van der Waals surface area contributed by atoms with Crippen LogP contribution in [0.15, 0.2) is 42.5 Å². The second-order valence-corrected chi connectivity index (χ2v) is 5.80. The van der Waals surface area contributed by atoms with E-state index in [0.717, 1.165) is 0 Å². The Morgan fingerprint density at radius 3 is 2.39 bits per heavy atom. The van der Waals surface area contributed by atoms with Crippen LogP contribution in [0.3, 0.4) is 0 Å². The Bertz CT molecular complexity index is 856. The summed E-state index contributed by atoms with van der Waals surface area (Å²) in [4.78, 5) is 24.4. The van der Waals surface area contributed by atoms with Gasteiger partial charge in [0.15, 0.2) is 17.6 Å². The van der Waals surface area contributed by atoms with Crippen molar-refractivity contribution in [3.8, 4) is 17.2 Å². The molecule has 7 nitrogen and oxygen atoms in total. The molecular formula is C19H17F2NO6. The van der Waals surface area contributed by atoms with Crippen LogP contribution in [0.2, 0.25) is 0 Å². The minimum absolute atomic E-state index is 0.0871. The van der Waals surface area contributed by atoms with Crippen molar-refractivity contribution in [3.05, 3.63) is 48.0 Å². The molecule has 1 aliphatic rings. The van der Waals surface area contributed by atoms with Crippen LogP contribution in [0, 0.1) is 0 Å². The van der Waals surface area contributed by atoms with Gasteiger partial charge in [-0.1, -0.05) is 0 Å². The molecule has 148 valence electrons. The molecule has 28 heavy (non-hydrogen) atoms. The fourth-order valence-electron chi connectivity index (χ4n) is 2.42. The van der Waals surface area contributed by atoms with Crippen molar-refractivity contribution in [2.45, 2.75) is 19.6 Å². The van der Waals surface area contributed by atoms with Crippen molar-refractivity contribution >= 4 is 17.6 Å². The number of halogens is 2. The molecule has 0 saturated carbocycles. The largest absolute Gasteiger partial charge is 0.486 e. The number of esters is 1. The summed E-state index contributed by atoms with van der Waals surface area (Å²) in [6.45, 7) is -0.665. The van der Waals surface area contributed by atoms with Crippen molar-refractivity contribution in [3.63, 3.8) is 0 Å². The van der Waals surface area contributed by atoms with E-state index in [1.54, 1.807) is 18.2 Å². The van der Waals surface area contributed by atoms with Gasteiger partial charge in [-0.05, 0) is 43.3 Å². The predicted molar refractivity (Wildman–Crippen MR) is 94.0 cm³/mol. The van der Waals surface area contributed by atoms with Gasteiger partial charge in [-0.3, -0.25) is 4.79 Å². The summed E-state index contributed by atoms with van der Waals surface area (Å²) in [5, 5.41) is 2.62. The topological polar surface area (TPSA) is 83.1 Å². The highest BCUT2D eigenvalue weighted by molar-refractivity contribution is 5.97. The third-order valence-electron chi connectivity index (χ3n) is 3.78. The lowest BCUT2D eigenvalue weighted by Gasteiger charge is -2.19. The Kier molecular flexibility index (Phi) is 5.93. The van der Waals surface area contributed by atoms with Gasteiger partial charge in [-0.25, -0.2) is 4.79 Å². The number of carbonyl (C=O) groups is 2. The number of carbonyl (C=O) groups excluding carboxylic acids is 2. The third-order valence-corrected chi connectivity index (χ3v) is 3.78. The van der Waals surface area contributed by atoms with Gasteiger partial charge < -0.3 is 24.3 Å². The first-order valence-electron chi connectivity index (χ1n) is 8.39. The maximum atomic E-state index is 12.3. The monoisotopic (exact) mass is 393 g/mol. The summed E-state index contributed by atoms with van der Waals surface area (Å²) >= 11 is 0. The van der Waals surface area contributed by atoms with E-state index < -0.39 is 24.6 Å². The zero-order valence-corrected chi connectivity index (χ0v) is 14.8. The molecule has 1 amide bonds. The molecule has 1 N–H and O–H groups in total. The number of ether oxygens (including phenoxy) is 4. The number of fused-ring (bicyclic) bond motifs is 1. The third kappa shape index (κ3) is 4.87. The molecule has 0 radical (unpaired) electrons. The molecule has 0 saturated heterocycles. The van der Waals surface area contributed by atoms with Crippen molar-refractivity contribution < 1.29 is 37.3 Å². The molecule has 0 spiro atoms. The van der Waals surface area contributed by atoms with Gasteiger partial charge in [0, 0.05) is 11.8 Å². The van der Waals surface area contributed by atoms with Gasteiger partial charge in [0.05, 0.1) is 5.56 Å². The number of nitrogens with one attached hydrogen (secondary N) is 1. The summed E-state index contributed by atoms with van der Waals surface area (Å²) in [5.74, 6) is -0.296. The Morgan fingerprint density at radius 2 is 1.71 bits per heavy atom. The smallest absolute Gasteiger partial charge is 0.387 e. The molecule has 3 rings (SSSR count). The molecule has 0 unspecified atom stereocenters. The van der Waals surface area contributed by atoms with Gasteiger partial charge in [0.1, 0.15) is 19.0 Å². The number of benzene rings is 2. The van der Waals surface area contributed by atoms with Gasteiger partial charge in [0.2, 0.25) is 0 Å². The molecule has 0 bridgehead atoms. The van der Waals surface area contributed by atoms with Gasteiger partial charge in [0.25, 0.3) is 5.91 Å². The van der Waals surface area contributed by atoms with Gasteiger partial charge in [-0.15, -0.1) is 0 Å². The highest BCUT2D eigenvalue weighted by Gasteiger charge is 2.20. The van der Waals surface area contributed by atoms with Crippen LogP contribution < -0.4 is 19.5 Å².